The summed E-state index contributed by atoms with van der Waals surface area (Å²) in [4.78, 5) is 8.64. The van der Waals surface area contributed by atoms with Crippen molar-refractivity contribution in [3.63, 3.8) is 0 Å². The molecule has 8 heteroatoms. The third-order valence-electron chi connectivity index (χ3n) is 4.14. The van der Waals surface area contributed by atoms with Crippen molar-refractivity contribution in [3.05, 3.63) is 59.9 Å². The number of rotatable bonds is 7. The van der Waals surface area contributed by atoms with Gasteiger partial charge >= 0.3 is 0 Å². The Morgan fingerprint density at radius 1 is 1.14 bits per heavy atom. The summed E-state index contributed by atoms with van der Waals surface area (Å²) in [5.41, 5.74) is 7.84. The van der Waals surface area contributed by atoms with Gasteiger partial charge in [-0.1, -0.05) is 39.0 Å². The number of sulfone groups is 1. The molecule has 0 aliphatic carbocycles. The minimum absolute atomic E-state index is 0. The first-order chi connectivity index (χ1) is 12.7. The number of hydrogen-bond acceptors (Lipinski definition) is 4. The summed E-state index contributed by atoms with van der Waals surface area (Å²) in [7, 11) is -3.38. The normalized spacial score (nSPS) is 12.3. The van der Waals surface area contributed by atoms with Gasteiger partial charge in [-0.15, -0.1) is 24.0 Å². The molecular formula is C20H29IN4O2S. The second-order valence-electron chi connectivity index (χ2n) is 7.36. The van der Waals surface area contributed by atoms with Crippen LogP contribution in [0.2, 0.25) is 0 Å². The highest BCUT2D eigenvalue weighted by Gasteiger charge is 2.17. The molecule has 28 heavy (non-hydrogen) atoms. The van der Waals surface area contributed by atoms with Gasteiger partial charge < -0.3 is 11.1 Å². The van der Waals surface area contributed by atoms with E-state index in [4.69, 9.17) is 5.73 Å². The Morgan fingerprint density at radius 2 is 1.82 bits per heavy atom. The molecule has 0 bridgehead atoms. The van der Waals surface area contributed by atoms with Crippen LogP contribution in [0.1, 0.15) is 32.0 Å². The number of nitrogens with one attached hydrogen (secondary N) is 1. The van der Waals surface area contributed by atoms with E-state index in [2.05, 4.69) is 36.1 Å². The van der Waals surface area contributed by atoms with Gasteiger partial charge in [0.15, 0.2) is 15.8 Å². The molecule has 6 nitrogen and oxygen atoms in total. The lowest BCUT2D eigenvalue weighted by atomic mass is 9.87. The number of guanidine groups is 1. The predicted octanol–water partition coefficient (Wildman–Crippen LogP) is 2.92. The number of nitrogens with zero attached hydrogens (tertiary/aromatic N) is 2. The lowest BCUT2D eigenvalue weighted by Gasteiger charge is -2.19. The average molecular weight is 516 g/mol. The monoisotopic (exact) mass is 516 g/mol. The fourth-order valence-electron chi connectivity index (χ4n) is 2.49. The van der Waals surface area contributed by atoms with Gasteiger partial charge in [0.25, 0.3) is 0 Å². The van der Waals surface area contributed by atoms with Gasteiger partial charge in [0, 0.05) is 24.9 Å². The van der Waals surface area contributed by atoms with Crippen LogP contribution in [0.25, 0.3) is 0 Å². The van der Waals surface area contributed by atoms with E-state index in [0.717, 1.165) is 17.7 Å². The van der Waals surface area contributed by atoms with Crippen molar-refractivity contribution >= 4 is 39.8 Å². The maximum atomic E-state index is 12.4. The zero-order valence-corrected chi connectivity index (χ0v) is 19.7. The van der Waals surface area contributed by atoms with Crippen molar-refractivity contribution in [2.24, 2.45) is 10.7 Å². The number of hydrogen-bond donors (Lipinski definition) is 2. The van der Waals surface area contributed by atoms with Crippen LogP contribution >= 0.6 is 24.0 Å². The number of nitrogens with two attached hydrogens (primary N) is 1. The van der Waals surface area contributed by atoms with Gasteiger partial charge in [-0.25, -0.2) is 8.42 Å². The lowest BCUT2D eigenvalue weighted by Crippen LogP contribution is -2.33. The second-order valence-corrected chi connectivity index (χ2v) is 9.47. The van der Waals surface area contributed by atoms with Crippen molar-refractivity contribution < 1.29 is 8.42 Å². The first-order valence-electron chi connectivity index (χ1n) is 8.95. The Bertz CT molecular complexity index is 861. The zero-order valence-electron chi connectivity index (χ0n) is 16.6. The summed E-state index contributed by atoms with van der Waals surface area (Å²) in [5.74, 6) is 0.161. The molecule has 1 heterocycles. The highest BCUT2D eigenvalue weighted by Crippen LogP contribution is 2.23. The molecule has 154 valence electrons. The van der Waals surface area contributed by atoms with Crippen LogP contribution in [0.3, 0.4) is 0 Å². The van der Waals surface area contributed by atoms with Gasteiger partial charge in [-0.3, -0.25) is 9.98 Å². The molecule has 0 saturated heterocycles. The van der Waals surface area contributed by atoms with Crippen LogP contribution in [-0.2, 0) is 21.7 Å². The molecule has 2 aromatic rings. The van der Waals surface area contributed by atoms with E-state index >= 15 is 0 Å². The first kappa shape index (κ1) is 24.4. The molecule has 0 amide bonds. The third-order valence-corrected chi connectivity index (χ3v) is 5.85. The molecule has 1 aromatic heterocycles. The SMILES string of the molecule is CC(C)(C)c1ccc(S(=O)(=O)CCN=C(N)NCCc2ccccn2)cc1.I. The van der Waals surface area contributed by atoms with Crippen LogP contribution in [0.5, 0.6) is 0 Å². The fraction of sp³-hybridized carbons (Fsp3) is 0.400. The summed E-state index contributed by atoms with van der Waals surface area (Å²) in [5, 5.41) is 2.97. The summed E-state index contributed by atoms with van der Waals surface area (Å²) in [6, 6.07) is 12.8. The highest BCUT2D eigenvalue weighted by molar-refractivity contribution is 14.0. The molecule has 0 saturated carbocycles. The highest BCUT2D eigenvalue weighted by atomic mass is 127. The van der Waals surface area contributed by atoms with Gasteiger partial charge in [0.1, 0.15) is 0 Å². The minimum Gasteiger partial charge on any atom is -0.370 e. The number of aliphatic imine (C=N–C) groups is 1. The maximum absolute atomic E-state index is 12.4. The molecule has 0 unspecified atom stereocenters. The fourth-order valence-corrected chi connectivity index (χ4v) is 3.61. The molecule has 0 aliphatic heterocycles. The van der Waals surface area contributed by atoms with E-state index in [1.807, 2.05) is 30.3 Å². The molecule has 0 fully saturated rings. The van der Waals surface area contributed by atoms with Crippen LogP contribution in [0, 0.1) is 0 Å². The Balaban J connectivity index is 0.00000392. The summed E-state index contributed by atoms with van der Waals surface area (Å²) in [6.07, 6.45) is 2.46. The van der Waals surface area contributed by atoms with E-state index in [1.165, 1.54) is 0 Å². The van der Waals surface area contributed by atoms with Crippen LogP contribution in [-0.4, -0.2) is 38.2 Å². The van der Waals surface area contributed by atoms with E-state index in [9.17, 15) is 8.42 Å². The minimum atomic E-state index is -3.38. The van der Waals surface area contributed by atoms with Crippen molar-refractivity contribution in [1.29, 1.82) is 0 Å². The van der Waals surface area contributed by atoms with Crippen LogP contribution in [0.15, 0.2) is 58.5 Å². The van der Waals surface area contributed by atoms with Gasteiger partial charge in [-0.2, -0.15) is 0 Å². The topological polar surface area (TPSA) is 97.4 Å². The summed E-state index contributed by atoms with van der Waals surface area (Å²) < 4.78 is 24.9. The van der Waals surface area contributed by atoms with E-state index in [0.29, 0.717) is 11.4 Å². The Kier molecular flexibility index (Phi) is 9.35. The standard InChI is InChI=1S/C20H28N4O2S.HI/c1-20(2,3)16-7-9-18(10-8-16)27(25,26)15-14-24-19(21)23-13-11-17-6-4-5-12-22-17;/h4-10,12H,11,13-15H2,1-3H3,(H3,21,23,24);1H. The van der Waals surface area contributed by atoms with Crippen molar-refractivity contribution in [3.8, 4) is 0 Å². The molecule has 0 spiro atoms. The summed E-state index contributed by atoms with van der Waals surface area (Å²) >= 11 is 0. The lowest BCUT2D eigenvalue weighted by molar-refractivity contribution is 0.586. The smallest absolute Gasteiger partial charge is 0.188 e. The van der Waals surface area contributed by atoms with E-state index in [-0.39, 0.29) is 47.6 Å². The molecule has 1 aromatic carbocycles. The van der Waals surface area contributed by atoms with Crippen molar-refractivity contribution in [2.75, 3.05) is 18.8 Å². The number of benzene rings is 1. The van der Waals surface area contributed by atoms with Gasteiger partial charge in [-0.05, 0) is 35.2 Å². The number of halogens is 1. The average Bonchev–Trinajstić information content (AvgIpc) is 2.62. The maximum Gasteiger partial charge on any atom is 0.188 e. The summed E-state index contributed by atoms with van der Waals surface area (Å²) in [6.45, 7) is 6.98. The first-order valence-corrected chi connectivity index (χ1v) is 10.6. The van der Waals surface area contributed by atoms with Gasteiger partial charge in [0.2, 0.25) is 0 Å². The molecule has 0 radical (unpaired) electrons. The molecule has 2 rings (SSSR count). The van der Waals surface area contributed by atoms with E-state index < -0.39 is 9.84 Å². The van der Waals surface area contributed by atoms with Gasteiger partial charge in [0.05, 0.1) is 17.2 Å². The Morgan fingerprint density at radius 3 is 2.39 bits per heavy atom. The Labute approximate surface area is 185 Å². The molecule has 0 atom stereocenters. The Hall–Kier alpha value is -1.68. The second kappa shape index (κ2) is 10.8. The van der Waals surface area contributed by atoms with Crippen LogP contribution < -0.4 is 11.1 Å². The largest absolute Gasteiger partial charge is 0.370 e. The van der Waals surface area contributed by atoms with Crippen molar-refractivity contribution in [1.82, 2.24) is 10.3 Å². The number of pyridine rings is 1. The molecule has 3 N–H and O–H groups in total. The molecule has 0 aliphatic rings. The number of aromatic nitrogens is 1. The van der Waals surface area contributed by atoms with E-state index in [1.54, 1.807) is 18.3 Å². The molecular weight excluding hydrogens is 487 g/mol. The predicted molar refractivity (Wildman–Crippen MR) is 125 cm³/mol. The van der Waals surface area contributed by atoms with Crippen LogP contribution in [0.4, 0.5) is 0 Å². The third kappa shape index (κ3) is 7.75. The van der Waals surface area contributed by atoms with Crippen molar-refractivity contribution in [2.45, 2.75) is 37.5 Å². The quantitative estimate of drug-likeness (QED) is 0.335. The zero-order chi connectivity index (χ0) is 19.9.